The van der Waals surface area contributed by atoms with Gasteiger partial charge in [0.25, 0.3) is 0 Å². The van der Waals surface area contributed by atoms with E-state index in [0.29, 0.717) is 5.75 Å². The summed E-state index contributed by atoms with van der Waals surface area (Å²) >= 11 is 0. The molecule has 1 aliphatic rings. The lowest BCUT2D eigenvalue weighted by atomic mass is 9.85. The van der Waals surface area contributed by atoms with Gasteiger partial charge in [-0.25, -0.2) is 0 Å². The Kier molecular flexibility index (Phi) is 3.60. The first kappa shape index (κ1) is 14.0. The number of rotatable bonds is 3. The maximum atomic E-state index is 9.33. The Balaban J connectivity index is 1.72. The summed E-state index contributed by atoms with van der Waals surface area (Å²) in [6.45, 7) is 2.13. The molecule has 0 aliphatic carbocycles. The maximum Gasteiger partial charge on any atom is 0.124 e. The standard InChI is InChI=1S/C18H21NO2/c1-18(11-10-13-6-8-14(20)9-7-13)12-16(19)15-4-2-3-5-17(15)21-18/h2-9,16,20H,10-12,19H2,1H3/t16-,18?/m0/s1. The van der Waals surface area contributed by atoms with Crippen LogP contribution in [0.3, 0.4) is 0 Å². The second kappa shape index (κ2) is 5.41. The molecule has 1 aliphatic heterocycles. The van der Waals surface area contributed by atoms with E-state index in [2.05, 4.69) is 6.92 Å². The molecule has 0 saturated carbocycles. The third kappa shape index (κ3) is 3.03. The van der Waals surface area contributed by atoms with Crippen molar-refractivity contribution in [1.29, 1.82) is 0 Å². The molecule has 0 amide bonds. The van der Waals surface area contributed by atoms with Crippen LogP contribution >= 0.6 is 0 Å². The van der Waals surface area contributed by atoms with E-state index >= 15 is 0 Å². The Bertz CT molecular complexity index is 623. The Hall–Kier alpha value is -2.00. The molecule has 110 valence electrons. The minimum absolute atomic E-state index is 0.0276. The van der Waals surface area contributed by atoms with E-state index in [1.165, 1.54) is 5.56 Å². The van der Waals surface area contributed by atoms with Gasteiger partial charge in [-0.3, -0.25) is 0 Å². The van der Waals surface area contributed by atoms with Gasteiger partial charge in [0, 0.05) is 18.0 Å². The van der Waals surface area contributed by atoms with Crippen LogP contribution in [0.4, 0.5) is 0 Å². The van der Waals surface area contributed by atoms with Gasteiger partial charge in [0.05, 0.1) is 0 Å². The number of para-hydroxylation sites is 1. The summed E-state index contributed by atoms with van der Waals surface area (Å²) in [6.07, 6.45) is 2.63. The average Bonchev–Trinajstić information content (AvgIpc) is 2.47. The van der Waals surface area contributed by atoms with E-state index < -0.39 is 0 Å². The largest absolute Gasteiger partial charge is 0.508 e. The highest BCUT2D eigenvalue weighted by Crippen LogP contribution is 2.40. The van der Waals surface area contributed by atoms with Crippen molar-refractivity contribution in [3.05, 3.63) is 59.7 Å². The fraction of sp³-hybridized carbons (Fsp3) is 0.333. The first-order valence-corrected chi connectivity index (χ1v) is 7.37. The second-order valence-electron chi connectivity index (χ2n) is 6.07. The number of phenolic OH excluding ortho intramolecular Hbond substituents is 1. The summed E-state index contributed by atoms with van der Waals surface area (Å²) in [4.78, 5) is 0. The minimum atomic E-state index is -0.244. The number of aromatic hydroxyl groups is 1. The molecule has 0 saturated heterocycles. The molecule has 3 N–H and O–H groups in total. The van der Waals surface area contributed by atoms with Gasteiger partial charge in [-0.15, -0.1) is 0 Å². The normalized spacial score (nSPS) is 24.2. The monoisotopic (exact) mass is 283 g/mol. The number of hydrogen-bond donors (Lipinski definition) is 2. The average molecular weight is 283 g/mol. The van der Waals surface area contributed by atoms with E-state index in [9.17, 15) is 5.11 Å². The number of aryl methyl sites for hydroxylation is 1. The molecular weight excluding hydrogens is 262 g/mol. The lowest BCUT2D eigenvalue weighted by Crippen LogP contribution is -2.40. The number of benzene rings is 2. The summed E-state index contributed by atoms with van der Waals surface area (Å²) in [7, 11) is 0. The predicted molar refractivity (Wildman–Crippen MR) is 83.4 cm³/mol. The van der Waals surface area contributed by atoms with Crippen molar-refractivity contribution in [2.45, 2.75) is 37.8 Å². The van der Waals surface area contributed by atoms with E-state index in [-0.39, 0.29) is 11.6 Å². The molecule has 0 bridgehead atoms. The summed E-state index contributed by atoms with van der Waals surface area (Å²) in [5.41, 5.74) is 8.35. The van der Waals surface area contributed by atoms with Gasteiger partial charge >= 0.3 is 0 Å². The zero-order valence-corrected chi connectivity index (χ0v) is 12.3. The summed E-state index contributed by atoms with van der Waals surface area (Å²) in [6, 6.07) is 15.4. The third-order valence-electron chi connectivity index (χ3n) is 4.21. The topological polar surface area (TPSA) is 55.5 Å². The van der Waals surface area contributed by atoms with E-state index in [1.807, 2.05) is 36.4 Å². The molecule has 1 heterocycles. The van der Waals surface area contributed by atoms with E-state index in [4.69, 9.17) is 10.5 Å². The Morgan fingerprint density at radius 1 is 1.19 bits per heavy atom. The quantitative estimate of drug-likeness (QED) is 0.905. The smallest absolute Gasteiger partial charge is 0.124 e. The van der Waals surface area contributed by atoms with Crippen molar-refractivity contribution in [2.75, 3.05) is 0 Å². The van der Waals surface area contributed by atoms with Gasteiger partial charge in [-0.1, -0.05) is 30.3 Å². The van der Waals surface area contributed by atoms with Crippen LogP contribution in [0.2, 0.25) is 0 Å². The highest BCUT2D eigenvalue weighted by Gasteiger charge is 2.35. The Morgan fingerprint density at radius 2 is 1.90 bits per heavy atom. The molecule has 2 aromatic rings. The summed E-state index contributed by atoms with van der Waals surface area (Å²) in [5, 5.41) is 9.33. The molecule has 3 rings (SSSR count). The SMILES string of the molecule is CC1(CCc2ccc(O)cc2)C[C@H](N)c2ccccc2O1. The maximum absolute atomic E-state index is 9.33. The zero-order valence-electron chi connectivity index (χ0n) is 12.3. The van der Waals surface area contributed by atoms with Gasteiger partial charge in [-0.2, -0.15) is 0 Å². The van der Waals surface area contributed by atoms with Crippen LogP contribution in [0.15, 0.2) is 48.5 Å². The fourth-order valence-corrected chi connectivity index (χ4v) is 2.99. The van der Waals surface area contributed by atoms with Crippen LogP contribution < -0.4 is 10.5 Å². The molecule has 2 aromatic carbocycles. The van der Waals surface area contributed by atoms with E-state index in [1.54, 1.807) is 12.1 Å². The molecule has 21 heavy (non-hydrogen) atoms. The van der Waals surface area contributed by atoms with Crippen molar-refractivity contribution >= 4 is 0 Å². The fourth-order valence-electron chi connectivity index (χ4n) is 2.99. The van der Waals surface area contributed by atoms with Gasteiger partial charge in [0.2, 0.25) is 0 Å². The first-order valence-electron chi connectivity index (χ1n) is 7.37. The summed E-state index contributed by atoms with van der Waals surface area (Å²) in [5.74, 6) is 1.21. The van der Waals surface area contributed by atoms with Gasteiger partial charge in [0.15, 0.2) is 0 Å². The second-order valence-corrected chi connectivity index (χ2v) is 6.07. The molecule has 0 radical (unpaired) electrons. The van der Waals surface area contributed by atoms with Crippen LogP contribution in [0.25, 0.3) is 0 Å². The number of ether oxygens (including phenoxy) is 1. The van der Waals surface area contributed by atoms with Crippen molar-refractivity contribution in [3.8, 4) is 11.5 Å². The minimum Gasteiger partial charge on any atom is -0.508 e. The molecule has 1 unspecified atom stereocenters. The van der Waals surface area contributed by atoms with Gasteiger partial charge in [0.1, 0.15) is 17.1 Å². The van der Waals surface area contributed by atoms with Gasteiger partial charge in [-0.05, 0) is 43.5 Å². The number of phenols is 1. The number of nitrogens with two attached hydrogens (primary N) is 1. The molecule has 0 spiro atoms. The molecule has 0 fully saturated rings. The van der Waals surface area contributed by atoms with Crippen LogP contribution in [0.5, 0.6) is 11.5 Å². The van der Waals surface area contributed by atoms with E-state index in [0.717, 1.165) is 30.6 Å². The molecule has 3 heteroatoms. The Morgan fingerprint density at radius 3 is 2.67 bits per heavy atom. The van der Waals surface area contributed by atoms with Crippen LogP contribution in [0, 0.1) is 0 Å². The summed E-state index contributed by atoms with van der Waals surface area (Å²) < 4.78 is 6.21. The molecule has 3 nitrogen and oxygen atoms in total. The number of hydrogen-bond acceptors (Lipinski definition) is 3. The Labute approximate surface area is 125 Å². The predicted octanol–water partition coefficient (Wildman–Crippen LogP) is 3.57. The molecule has 2 atom stereocenters. The van der Waals surface area contributed by atoms with Crippen LogP contribution in [0.1, 0.15) is 36.9 Å². The first-order chi connectivity index (χ1) is 10.1. The number of fused-ring (bicyclic) bond motifs is 1. The van der Waals surface area contributed by atoms with Gasteiger partial charge < -0.3 is 15.6 Å². The van der Waals surface area contributed by atoms with Crippen molar-refractivity contribution in [1.82, 2.24) is 0 Å². The highest BCUT2D eigenvalue weighted by atomic mass is 16.5. The lowest BCUT2D eigenvalue weighted by Gasteiger charge is -2.39. The van der Waals surface area contributed by atoms with Crippen LogP contribution in [-0.4, -0.2) is 10.7 Å². The molecule has 0 aromatic heterocycles. The highest BCUT2D eigenvalue weighted by molar-refractivity contribution is 5.38. The van der Waals surface area contributed by atoms with Crippen LogP contribution in [-0.2, 0) is 6.42 Å². The zero-order chi connectivity index (χ0) is 14.9. The lowest BCUT2D eigenvalue weighted by molar-refractivity contribution is 0.0458. The molecular formula is C18H21NO2. The van der Waals surface area contributed by atoms with Crippen molar-refractivity contribution in [2.24, 2.45) is 5.73 Å². The van der Waals surface area contributed by atoms with Crippen molar-refractivity contribution in [3.63, 3.8) is 0 Å². The van der Waals surface area contributed by atoms with Crippen molar-refractivity contribution < 1.29 is 9.84 Å². The third-order valence-corrected chi connectivity index (χ3v) is 4.21.